The Labute approximate surface area is 217 Å². The van der Waals surface area contributed by atoms with Crippen LogP contribution < -0.4 is 15.5 Å². The number of rotatable bonds is 6. The molecular formula is C27H29F2N7O2. The standard InChI is InChI=1S/C27H29F2N7O2/c1-15-9-36-11-18(5-21(29)25(36)31-15)32-26(37)23-20(28)6-22(19-12-34(2)33-24(19)23)35-4-3-17(10-35)30-14-27-7-16(8-27)13-38-27/h5-6,9,11-12,16-17,30H,3-4,7-8,10,13-14H2,1-2H3,(H,32,37)/t16?,17-,27?/m1/s1. The van der Waals surface area contributed by atoms with Gasteiger partial charge >= 0.3 is 0 Å². The van der Waals surface area contributed by atoms with E-state index in [1.165, 1.54) is 16.5 Å². The Bertz CT molecular complexity index is 1580. The number of amides is 1. The highest BCUT2D eigenvalue weighted by Gasteiger charge is 2.51. The first kappa shape index (κ1) is 23.5. The van der Waals surface area contributed by atoms with Gasteiger partial charge in [0.25, 0.3) is 5.91 Å². The van der Waals surface area contributed by atoms with Crippen molar-refractivity contribution in [1.82, 2.24) is 24.5 Å². The number of anilines is 2. The van der Waals surface area contributed by atoms with Crippen molar-refractivity contribution in [3.8, 4) is 0 Å². The third-order valence-electron chi connectivity index (χ3n) is 8.14. The quantitative estimate of drug-likeness (QED) is 0.404. The van der Waals surface area contributed by atoms with Crippen molar-refractivity contribution < 1.29 is 18.3 Å². The van der Waals surface area contributed by atoms with Crippen LogP contribution in [0.4, 0.5) is 20.2 Å². The van der Waals surface area contributed by atoms with Gasteiger partial charge in [0.15, 0.2) is 11.5 Å². The Hall–Kier alpha value is -3.57. The SMILES string of the molecule is Cc1cn2cc(NC(=O)c3c(F)cc(N4CC[C@@H](NCC56CC(CO5)C6)C4)c4cn(C)nc34)cc(F)c2n1. The number of ether oxygens (including phenoxy) is 1. The van der Waals surface area contributed by atoms with Crippen molar-refractivity contribution >= 4 is 33.8 Å². The van der Waals surface area contributed by atoms with Crippen molar-refractivity contribution in [3.63, 3.8) is 0 Å². The lowest BCUT2D eigenvalue weighted by Gasteiger charge is -2.37. The van der Waals surface area contributed by atoms with E-state index in [1.807, 2.05) is 6.20 Å². The highest BCUT2D eigenvalue weighted by atomic mass is 19.1. The zero-order valence-electron chi connectivity index (χ0n) is 21.3. The topological polar surface area (TPSA) is 88.7 Å². The van der Waals surface area contributed by atoms with E-state index in [9.17, 15) is 9.18 Å². The molecule has 4 fully saturated rings. The molecule has 1 saturated carbocycles. The normalized spacial score (nSPS) is 24.5. The molecule has 0 radical (unpaired) electrons. The number of pyridine rings is 1. The zero-order chi connectivity index (χ0) is 26.2. The molecule has 1 aliphatic carbocycles. The van der Waals surface area contributed by atoms with Gasteiger partial charge in [-0.25, -0.2) is 13.8 Å². The summed E-state index contributed by atoms with van der Waals surface area (Å²) < 4.78 is 39.2. The van der Waals surface area contributed by atoms with Gasteiger partial charge in [0, 0.05) is 62.8 Å². The molecule has 11 heteroatoms. The average Bonchev–Trinajstić information content (AvgIpc) is 3.65. The first-order valence-corrected chi connectivity index (χ1v) is 13.0. The molecule has 3 aliphatic heterocycles. The molecule has 1 amide bonds. The zero-order valence-corrected chi connectivity index (χ0v) is 21.3. The molecule has 2 bridgehead atoms. The number of aromatic nitrogens is 4. The molecule has 9 nitrogen and oxygen atoms in total. The van der Waals surface area contributed by atoms with Crippen LogP contribution in [-0.4, -0.2) is 63.0 Å². The number of carbonyl (C=O) groups is 1. The number of fused-ring (bicyclic) bond motifs is 3. The summed E-state index contributed by atoms with van der Waals surface area (Å²) in [5.74, 6) is -1.21. The van der Waals surface area contributed by atoms with Gasteiger partial charge in [0.05, 0.1) is 29.3 Å². The van der Waals surface area contributed by atoms with Gasteiger partial charge in [0.2, 0.25) is 0 Å². The van der Waals surface area contributed by atoms with Gasteiger partial charge in [-0.1, -0.05) is 0 Å². The monoisotopic (exact) mass is 521 g/mol. The summed E-state index contributed by atoms with van der Waals surface area (Å²) in [6.45, 7) is 4.99. The van der Waals surface area contributed by atoms with Crippen LogP contribution in [0.1, 0.15) is 35.3 Å². The summed E-state index contributed by atoms with van der Waals surface area (Å²) in [5, 5.41) is 11.4. The van der Waals surface area contributed by atoms with Gasteiger partial charge < -0.3 is 24.7 Å². The van der Waals surface area contributed by atoms with Crippen molar-refractivity contribution in [3.05, 3.63) is 53.6 Å². The lowest BCUT2D eigenvalue weighted by atomic mass is 9.74. The summed E-state index contributed by atoms with van der Waals surface area (Å²) >= 11 is 0. The Morgan fingerprint density at radius 2 is 2.05 bits per heavy atom. The third kappa shape index (κ3) is 3.83. The van der Waals surface area contributed by atoms with E-state index < -0.39 is 17.5 Å². The van der Waals surface area contributed by atoms with Crippen LogP contribution in [0.15, 0.2) is 30.7 Å². The molecule has 0 spiro atoms. The second-order valence-corrected chi connectivity index (χ2v) is 11.0. The average molecular weight is 522 g/mol. The molecule has 1 aromatic carbocycles. The predicted molar refractivity (Wildman–Crippen MR) is 139 cm³/mol. The first-order chi connectivity index (χ1) is 18.3. The third-order valence-corrected chi connectivity index (χ3v) is 8.14. The second-order valence-electron chi connectivity index (χ2n) is 11.0. The van der Waals surface area contributed by atoms with Crippen LogP contribution in [0.2, 0.25) is 0 Å². The van der Waals surface area contributed by atoms with E-state index in [4.69, 9.17) is 4.74 Å². The molecule has 8 rings (SSSR count). The minimum atomic E-state index is -0.691. The van der Waals surface area contributed by atoms with Gasteiger partial charge in [-0.15, -0.1) is 0 Å². The van der Waals surface area contributed by atoms with Gasteiger partial charge in [-0.3, -0.25) is 9.48 Å². The maximum Gasteiger partial charge on any atom is 0.260 e. The van der Waals surface area contributed by atoms with Crippen molar-refractivity contribution in [2.75, 3.05) is 36.5 Å². The minimum Gasteiger partial charge on any atom is -0.373 e. The summed E-state index contributed by atoms with van der Waals surface area (Å²) in [7, 11) is 1.75. The summed E-state index contributed by atoms with van der Waals surface area (Å²) in [6.07, 6.45) is 8.24. The summed E-state index contributed by atoms with van der Waals surface area (Å²) in [4.78, 5) is 19.5. The van der Waals surface area contributed by atoms with Crippen LogP contribution in [-0.2, 0) is 11.8 Å². The summed E-state index contributed by atoms with van der Waals surface area (Å²) in [5.41, 5.74) is 1.84. The van der Waals surface area contributed by atoms with Crippen molar-refractivity contribution in [1.29, 1.82) is 0 Å². The van der Waals surface area contributed by atoms with Gasteiger partial charge in [-0.2, -0.15) is 5.10 Å². The molecule has 38 heavy (non-hydrogen) atoms. The molecule has 198 valence electrons. The van der Waals surface area contributed by atoms with E-state index in [0.29, 0.717) is 16.8 Å². The molecule has 3 saturated heterocycles. The fraction of sp³-hybridized carbons (Fsp3) is 0.444. The Kier molecular flexibility index (Phi) is 5.25. The van der Waals surface area contributed by atoms with Crippen LogP contribution >= 0.6 is 0 Å². The number of benzene rings is 1. The highest BCUT2D eigenvalue weighted by Crippen LogP contribution is 2.48. The number of imidazole rings is 1. The number of nitrogens with zero attached hydrogens (tertiary/aromatic N) is 5. The number of aryl methyl sites for hydroxylation is 2. The van der Waals surface area contributed by atoms with E-state index >= 15 is 4.39 Å². The number of hydrogen-bond acceptors (Lipinski definition) is 6. The van der Waals surface area contributed by atoms with Crippen molar-refractivity contribution in [2.24, 2.45) is 13.0 Å². The van der Waals surface area contributed by atoms with E-state index in [0.717, 1.165) is 51.4 Å². The Balaban J connectivity index is 1.14. The van der Waals surface area contributed by atoms with Crippen LogP contribution in [0.25, 0.3) is 16.6 Å². The smallest absolute Gasteiger partial charge is 0.260 e. The van der Waals surface area contributed by atoms with Crippen LogP contribution in [0, 0.1) is 24.5 Å². The molecule has 0 unspecified atom stereocenters. The molecule has 3 aromatic heterocycles. The first-order valence-electron chi connectivity index (χ1n) is 13.0. The molecule has 2 N–H and O–H groups in total. The Morgan fingerprint density at radius 1 is 1.21 bits per heavy atom. The molecule has 4 aliphatic rings. The summed E-state index contributed by atoms with van der Waals surface area (Å²) in [6, 6.07) is 2.88. The van der Waals surface area contributed by atoms with E-state index in [2.05, 4.69) is 25.6 Å². The van der Waals surface area contributed by atoms with Crippen LogP contribution in [0.5, 0.6) is 0 Å². The van der Waals surface area contributed by atoms with Gasteiger partial charge in [-0.05, 0) is 38.2 Å². The fourth-order valence-electron chi connectivity index (χ4n) is 6.36. The molecule has 1 atom stereocenters. The molecule has 4 aromatic rings. The maximum absolute atomic E-state index is 15.6. The van der Waals surface area contributed by atoms with E-state index in [1.54, 1.807) is 31.0 Å². The largest absolute Gasteiger partial charge is 0.373 e. The van der Waals surface area contributed by atoms with Crippen molar-refractivity contribution in [2.45, 2.75) is 37.8 Å². The number of halogens is 2. The predicted octanol–water partition coefficient (Wildman–Crippen LogP) is 3.41. The second kappa shape index (κ2) is 8.47. The maximum atomic E-state index is 15.6. The minimum absolute atomic E-state index is 0.0138. The van der Waals surface area contributed by atoms with Crippen LogP contribution in [0.3, 0.4) is 0 Å². The Morgan fingerprint density at radius 3 is 2.84 bits per heavy atom. The fourth-order valence-corrected chi connectivity index (χ4v) is 6.36. The molecular weight excluding hydrogens is 492 g/mol. The molecule has 6 heterocycles. The highest BCUT2D eigenvalue weighted by molar-refractivity contribution is 6.14. The lowest BCUT2D eigenvalue weighted by molar-refractivity contribution is 0.00105. The number of carbonyl (C=O) groups excluding carboxylic acids is 1. The van der Waals surface area contributed by atoms with E-state index in [-0.39, 0.29) is 34.1 Å². The number of nitrogens with one attached hydrogen (secondary N) is 2. The van der Waals surface area contributed by atoms with Gasteiger partial charge in [0.1, 0.15) is 16.9 Å². The number of hydrogen-bond donors (Lipinski definition) is 2. The lowest BCUT2D eigenvalue weighted by Crippen LogP contribution is -2.49.